The van der Waals surface area contributed by atoms with Crippen molar-refractivity contribution >= 4 is 5.97 Å². The number of hydrogen-bond acceptors (Lipinski definition) is 3. The van der Waals surface area contributed by atoms with Crippen LogP contribution in [0.3, 0.4) is 0 Å². The normalized spacial score (nSPS) is 12.4. The van der Waals surface area contributed by atoms with Crippen LogP contribution in [0.5, 0.6) is 5.75 Å². The molecule has 0 heterocycles. The molecule has 0 fully saturated rings. The van der Waals surface area contributed by atoms with E-state index in [1.54, 1.807) is 19.1 Å². The summed E-state index contributed by atoms with van der Waals surface area (Å²) in [5, 5.41) is 18.1. The van der Waals surface area contributed by atoms with Crippen LogP contribution < -0.4 is 5.73 Å². The molecule has 0 amide bonds. The predicted octanol–water partition coefficient (Wildman–Crippen LogP) is 1.18. The lowest BCUT2D eigenvalue weighted by molar-refractivity contribution is -0.137. The zero-order chi connectivity index (χ0) is 10.7. The first-order valence-electron chi connectivity index (χ1n) is 4.28. The smallest absolute Gasteiger partial charge is 0.305 e. The predicted molar refractivity (Wildman–Crippen MR) is 52.0 cm³/mol. The van der Waals surface area contributed by atoms with E-state index >= 15 is 0 Å². The second-order valence-corrected chi connectivity index (χ2v) is 3.21. The molecule has 1 aromatic rings. The van der Waals surface area contributed by atoms with E-state index in [-0.39, 0.29) is 12.2 Å². The minimum atomic E-state index is -0.972. The Morgan fingerprint density at radius 1 is 1.57 bits per heavy atom. The molecule has 1 atom stereocenters. The number of phenols is 1. The quantitative estimate of drug-likeness (QED) is 0.676. The van der Waals surface area contributed by atoms with Gasteiger partial charge in [-0.3, -0.25) is 4.79 Å². The van der Waals surface area contributed by atoms with Crippen LogP contribution in [-0.4, -0.2) is 16.2 Å². The highest BCUT2D eigenvalue weighted by Crippen LogP contribution is 2.27. The Morgan fingerprint density at radius 3 is 2.71 bits per heavy atom. The van der Waals surface area contributed by atoms with Gasteiger partial charge in [0.1, 0.15) is 5.75 Å². The van der Waals surface area contributed by atoms with Crippen molar-refractivity contribution in [1.82, 2.24) is 0 Å². The van der Waals surface area contributed by atoms with Crippen LogP contribution in [0.15, 0.2) is 18.2 Å². The summed E-state index contributed by atoms with van der Waals surface area (Å²) in [6.07, 6.45) is -0.182. The molecule has 0 bridgehead atoms. The zero-order valence-electron chi connectivity index (χ0n) is 7.90. The average molecular weight is 195 g/mol. The SMILES string of the molecule is Cc1cccc(O)c1[C@H](N)CC(=O)O. The van der Waals surface area contributed by atoms with E-state index < -0.39 is 12.0 Å². The van der Waals surface area contributed by atoms with Crippen molar-refractivity contribution in [2.24, 2.45) is 5.73 Å². The van der Waals surface area contributed by atoms with Gasteiger partial charge in [0.2, 0.25) is 0 Å². The molecule has 0 radical (unpaired) electrons. The summed E-state index contributed by atoms with van der Waals surface area (Å²) in [5.74, 6) is -0.918. The summed E-state index contributed by atoms with van der Waals surface area (Å²) in [4.78, 5) is 10.4. The summed E-state index contributed by atoms with van der Waals surface area (Å²) in [6.45, 7) is 1.79. The molecule has 0 aliphatic carbocycles. The summed E-state index contributed by atoms with van der Waals surface area (Å²) < 4.78 is 0. The van der Waals surface area contributed by atoms with Crippen LogP contribution >= 0.6 is 0 Å². The van der Waals surface area contributed by atoms with Crippen molar-refractivity contribution in [3.05, 3.63) is 29.3 Å². The lowest BCUT2D eigenvalue weighted by atomic mass is 9.98. The van der Waals surface area contributed by atoms with E-state index in [4.69, 9.17) is 10.8 Å². The van der Waals surface area contributed by atoms with E-state index in [0.717, 1.165) is 5.56 Å². The number of aryl methyl sites for hydroxylation is 1. The highest BCUT2D eigenvalue weighted by Gasteiger charge is 2.16. The fourth-order valence-electron chi connectivity index (χ4n) is 1.44. The number of benzene rings is 1. The topological polar surface area (TPSA) is 83.5 Å². The Labute approximate surface area is 82.0 Å². The lowest BCUT2D eigenvalue weighted by Crippen LogP contribution is -2.16. The van der Waals surface area contributed by atoms with Crippen molar-refractivity contribution in [3.63, 3.8) is 0 Å². The Kier molecular flexibility index (Phi) is 3.09. The van der Waals surface area contributed by atoms with Crippen LogP contribution in [-0.2, 0) is 4.79 Å². The molecule has 4 N–H and O–H groups in total. The molecule has 1 aromatic carbocycles. The second-order valence-electron chi connectivity index (χ2n) is 3.21. The average Bonchev–Trinajstić information content (AvgIpc) is 2.01. The number of carboxylic acid groups (broad SMARTS) is 1. The van der Waals surface area contributed by atoms with Gasteiger partial charge in [0, 0.05) is 11.6 Å². The maximum Gasteiger partial charge on any atom is 0.305 e. The van der Waals surface area contributed by atoms with Gasteiger partial charge in [-0.2, -0.15) is 0 Å². The molecule has 4 heteroatoms. The number of nitrogens with two attached hydrogens (primary N) is 1. The first kappa shape index (κ1) is 10.5. The fraction of sp³-hybridized carbons (Fsp3) is 0.300. The molecule has 0 saturated heterocycles. The van der Waals surface area contributed by atoms with Gasteiger partial charge in [-0.1, -0.05) is 12.1 Å². The van der Waals surface area contributed by atoms with Crippen molar-refractivity contribution < 1.29 is 15.0 Å². The monoisotopic (exact) mass is 195 g/mol. The number of aromatic hydroxyl groups is 1. The Balaban J connectivity index is 2.99. The van der Waals surface area contributed by atoms with Gasteiger partial charge < -0.3 is 15.9 Å². The van der Waals surface area contributed by atoms with Crippen LogP contribution in [0.25, 0.3) is 0 Å². The number of carbonyl (C=O) groups is 1. The minimum absolute atomic E-state index is 0.0544. The number of hydrogen-bond donors (Lipinski definition) is 3. The molecule has 0 aliphatic rings. The Morgan fingerprint density at radius 2 is 2.21 bits per heavy atom. The van der Waals surface area contributed by atoms with Gasteiger partial charge in [0.25, 0.3) is 0 Å². The number of rotatable bonds is 3. The van der Waals surface area contributed by atoms with Crippen molar-refractivity contribution in [2.45, 2.75) is 19.4 Å². The molecule has 0 saturated carbocycles. The van der Waals surface area contributed by atoms with Crippen molar-refractivity contribution in [2.75, 3.05) is 0 Å². The van der Waals surface area contributed by atoms with E-state index in [1.807, 2.05) is 0 Å². The van der Waals surface area contributed by atoms with Crippen molar-refractivity contribution in [1.29, 1.82) is 0 Å². The van der Waals surface area contributed by atoms with E-state index in [1.165, 1.54) is 6.07 Å². The Hall–Kier alpha value is -1.55. The zero-order valence-corrected chi connectivity index (χ0v) is 7.90. The van der Waals surface area contributed by atoms with E-state index in [9.17, 15) is 9.90 Å². The third-order valence-electron chi connectivity index (χ3n) is 2.07. The summed E-state index contributed by atoms with van der Waals surface area (Å²) in [7, 11) is 0. The van der Waals surface area contributed by atoms with Crippen molar-refractivity contribution in [3.8, 4) is 5.75 Å². The molecule has 0 spiro atoms. The van der Waals surface area contributed by atoms with Gasteiger partial charge in [-0.25, -0.2) is 0 Å². The van der Waals surface area contributed by atoms with E-state index in [0.29, 0.717) is 5.56 Å². The van der Waals surface area contributed by atoms with Gasteiger partial charge in [0.05, 0.1) is 6.42 Å². The number of phenolic OH excluding ortho intramolecular Hbond substituents is 1. The summed E-state index contributed by atoms with van der Waals surface area (Å²) in [6, 6.07) is 4.33. The highest BCUT2D eigenvalue weighted by molar-refractivity contribution is 5.68. The van der Waals surface area contributed by atoms with Crippen LogP contribution in [0, 0.1) is 6.92 Å². The minimum Gasteiger partial charge on any atom is -0.508 e. The fourth-order valence-corrected chi connectivity index (χ4v) is 1.44. The Bertz CT molecular complexity index is 329. The summed E-state index contributed by atoms with van der Waals surface area (Å²) >= 11 is 0. The largest absolute Gasteiger partial charge is 0.508 e. The molecule has 76 valence electrons. The van der Waals surface area contributed by atoms with Gasteiger partial charge in [-0.05, 0) is 18.6 Å². The molecule has 4 nitrogen and oxygen atoms in total. The van der Waals surface area contributed by atoms with Crippen LogP contribution in [0.2, 0.25) is 0 Å². The summed E-state index contributed by atoms with van der Waals surface area (Å²) in [5.41, 5.74) is 6.97. The third-order valence-corrected chi connectivity index (χ3v) is 2.07. The van der Waals surface area contributed by atoms with Gasteiger partial charge >= 0.3 is 5.97 Å². The highest BCUT2D eigenvalue weighted by atomic mass is 16.4. The maximum absolute atomic E-state index is 10.4. The molecule has 0 aromatic heterocycles. The standard InChI is InChI=1S/C10H13NO3/c1-6-3-2-4-8(12)10(6)7(11)5-9(13)14/h2-4,7,12H,5,11H2,1H3,(H,13,14)/t7-/m1/s1. The molecule has 1 rings (SSSR count). The lowest BCUT2D eigenvalue weighted by Gasteiger charge is -2.13. The maximum atomic E-state index is 10.4. The molecular weight excluding hydrogens is 182 g/mol. The first-order chi connectivity index (χ1) is 6.52. The number of aliphatic carboxylic acids is 1. The third kappa shape index (κ3) is 2.23. The van der Waals surface area contributed by atoms with Gasteiger partial charge in [0.15, 0.2) is 0 Å². The van der Waals surface area contributed by atoms with Crippen LogP contribution in [0.1, 0.15) is 23.6 Å². The molecule has 0 aliphatic heterocycles. The first-order valence-corrected chi connectivity index (χ1v) is 4.28. The number of carboxylic acids is 1. The van der Waals surface area contributed by atoms with Gasteiger partial charge in [-0.15, -0.1) is 0 Å². The molecular formula is C10H13NO3. The second kappa shape index (κ2) is 4.11. The van der Waals surface area contributed by atoms with Crippen LogP contribution in [0.4, 0.5) is 0 Å². The van der Waals surface area contributed by atoms with E-state index in [2.05, 4.69) is 0 Å². The molecule has 14 heavy (non-hydrogen) atoms. The molecule has 0 unspecified atom stereocenters.